The molecule has 22 heavy (non-hydrogen) atoms. The van der Waals surface area contributed by atoms with Crippen LogP contribution in [0.3, 0.4) is 0 Å². The molecule has 3 aromatic rings. The van der Waals surface area contributed by atoms with E-state index in [0.717, 1.165) is 34.7 Å². The molecule has 1 aromatic carbocycles. The molecule has 1 aliphatic rings. The number of hydrogen-bond acceptors (Lipinski definition) is 3. The Kier molecular flexibility index (Phi) is 3.77. The highest BCUT2D eigenvalue weighted by Gasteiger charge is 2.16. The first-order valence-electron chi connectivity index (χ1n) is 7.69. The largest absolute Gasteiger partial charge is 0.371 e. The van der Waals surface area contributed by atoms with Crippen molar-refractivity contribution >= 4 is 39.5 Å². The van der Waals surface area contributed by atoms with Crippen LogP contribution in [0.25, 0.3) is 22.2 Å². The van der Waals surface area contributed by atoms with Crippen LogP contribution in [0.4, 0.5) is 5.69 Å². The molecule has 3 heterocycles. The van der Waals surface area contributed by atoms with Crippen LogP contribution in [-0.2, 0) is 0 Å². The zero-order chi connectivity index (χ0) is 14.9. The molecule has 0 atom stereocenters. The summed E-state index contributed by atoms with van der Waals surface area (Å²) < 4.78 is 0. The molecule has 1 saturated heterocycles. The van der Waals surface area contributed by atoms with Crippen molar-refractivity contribution in [1.29, 1.82) is 0 Å². The molecule has 0 unspecified atom stereocenters. The number of piperidine rings is 1. The fraction of sp³-hybridized carbons (Fsp3) is 0.278. The van der Waals surface area contributed by atoms with Crippen molar-refractivity contribution in [1.82, 2.24) is 4.98 Å². The molecule has 0 saturated carbocycles. The second-order valence-corrected chi connectivity index (χ2v) is 6.96. The van der Waals surface area contributed by atoms with Gasteiger partial charge in [-0.25, -0.2) is 4.98 Å². The van der Waals surface area contributed by atoms with Gasteiger partial charge < -0.3 is 4.90 Å². The van der Waals surface area contributed by atoms with Crippen molar-refractivity contribution in [2.45, 2.75) is 19.3 Å². The van der Waals surface area contributed by atoms with Crippen LogP contribution in [0.15, 0.2) is 41.1 Å². The maximum Gasteiger partial charge on any atom is 0.0738 e. The minimum atomic E-state index is 0.774. The van der Waals surface area contributed by atoms with Gasteiger partial charge in [-0.05, 0) is 55.0 Å². The summed E-state index contributed by atoms with van der Waals surface area (Å²) in [5.74, 6) is 0. The van der Waals surface area contributed by atoms with Crippen molar-refractivity contribution in [3.8, 4) is 11.3 Å². The lowest BCUT2D eigenvalue weighted by molar-refractivity contribution is 0.579. The van der Waals surface area contributed by atoms with Crippen LogP contribution in [-0.4, -0.2) is 18.1 Å². The van der Waals surface area contributed by atoms with Gasteiger partial charge in [0.1, 0.15) is 0 Å². The van der Waals surface area contributed by atoms with Crippen LogP contribution in [0, 0.1) is 0 Å². The van der Waals surface area contributed by atoms with E-state index in [0.29, 0.717) is 0 Å². The van der Waals surface area contributed by atoms with E-state index in [-0.39, 0.29) is 0 Å². The lowest BCUT2D eigenvalue weighted by Crippen LogP contribution is -2.29. The fourth-order valence-electron chi connectivity index (χ4n) is 3.13. The quantitative estimate of drug-likeness (QED) is 0.608. The first-order chi connectivity index (χ1) is 10.8. The molecule has 1 fully saturated rings. The number of hydrogen-bond donors (Lipinski definition) is 0. The molecular formula is C18H17ClN2S. The van der Waals surface area contributed by atoms with E-state index in [2.05, 4.69) is 27.8 Å². The summed E-state index contributed by atoms with van der Waals surface area (Å²) in [5, 5.41) is 6.19. The molecule has 0 N–H and O–H groups in total. The Balaban J connectivity index is 1.92. The van der Waals surface area contributed by atoms with Gasteiger partial charge in [-0.1, -0.05) is 11.6 Å². The third-order valence-corrected chi connectivity index (χ3v) is 5.18. The second kappa shape index (κ2) is 5.90. The monoisotopic (exact) mass is 328 g/mol. The number of anilines is 1. The molecule has 4 heteroatoms. The Hall–Kier alpha value is -1.58. The summed E-state index contributed by atoms with van der Waals surface area (Å²) in [4.78, 5) is 7.32. The Morgan fingerprint density at radius 1 is 1.05 bits per heavy atom. The zero-order valence-corrected chi connectivity index (χ0v) is 13.8. The summed E-state index contributed by atoms with van der Waals surface area (Å²) in [6.45, 7) is 2.24. The molecule has 4 rings (SSSR count). The van der Waals surface area contributed by atoms with E-state index in [4.69, 9.17) is 16.6 Å². The third-order valence-electron chi connectivity index (χ3n) is 4.26. The van der Waals surface area contributed by atoms with Gasteiger partial charge in [-0.15, -0.1) is 0 Å². The Morgan fingerprint density at radius 3 is 2.68 bits per heavy atom. The minimum Gasteiger partial charge on any atom is -0.371 e. The molecule has 0 amide bonds. The number of thiophene rings is 1. The topological polar surface area (TPSA) is 16.1 Å². The van der Waals surface area contributed by atoms with E-state index in [1.807, 2.05) is 18.2 Å². The predicted molar refractivity (Wildman–Crippen MR) is 96.1 cm³/mol. The molecule has 2 nitrogen and oxygen atoms in total. The summed E-state index contributed by atoms with van der Waals surface area (Å²) in [6.07, 6.45) is 3.86. The first-order valence-corrected chi connectivity index (χ1v) is 9.01. The van der Waals surface area contributed by atoms with E-state index < -0.39 is 0 Å². The van der Waals surface area contributed by atoms with E-state index in [1.165, 1.54) is 30.5 Å². The standard InChI is InChI=1S/C18H17ClN2S/c19-14-4-5-16-15(10-14)18(21-7-2-1-3-8-21)11-17(20-16)13-6-9-22-12-13/h4-6,9-12H,1-3,7-8H2. The number of rotatable bonds is 2. The van der Waals surface area contributed by atoms with Gasteiger partial charge in [0, 0.05) is 40.1 Å². The first kappa shape index (κ1) is 14.0. The molecule has 112 valence electrons. The molecule has 0 spiro atoms. The van der Waals surface area contributed by atoms with Gasteiger partial charge in [0.25, 0.3) is 0 Å². The third kappa shape index (κ3) is 2.59. The number of aromatic nitrogens is 1. The predicted octanol–water partition coefficient (Wildman–Crippen LogP) is 5.61. The zero-order valence-electron chi connectivity index (χ0n) is 12.3. The van der Waals surface area contributed by atoms with Gasteiger partial charge >= 0.3 is 0 Å². The van der Waals surface area contributed by atoms with Crippen LogP contribution in [0.2, 0.25) is 5.02 Å². The van der Waals surface area contributed by atoms with Crippen LogP contribution >= 0.6 is 22.9 Å². The highest BCUT2D eigenvalue weighted by molar-refractivity contribution is 7.08. The van der Waals surface area contributed by atoms with E-state index in [1.54, 1.807) is 11.3 Å². The lowest BCUT2D eigenvalue weighted by atomic mass is 10.1. The number of halogens is 1. The van der Waals surface area contributed by atoms with Gasteiger partial charge in [-0.3, -0.25) is 0 Å². The molecule has 2 aromatic heterocycles. The summed E-state index contributed by atoms with van der Waals surface area (Å²) in [6, 6.07) is 10.4. The van der Waals surface area contributed by atoms with Crippen molar-refractivity contribution in [3.63, 3.8) is 0 Å². The van der Waals surface area contributed by atoms with Crippen LogP contribution in [0.1, 0.15) is 19.3 Å². The van der Waals surface area contributed by atoms with E-state index >= 15 is 0 Å². The lowest BCUT2D eigenvalue weighted by Gasteiger charge is -2.30. The maximum absolute atomic E-state index is 6.22. The number of fused-ring (bicyclic) bond motifs is 1. The van der Waals surface area contributed by atoms with Crippen molar-refractivity contribution < 1.29 is 0 Å². The van der Waals surface area contributed by atoms with Crippen molar-refractivity contribution in [2.75, 3.05) is 18.0 Å². The molecular weight excluding hydrogens is 312 g/mol. The Bertz CT molecular complexity index is 792. The summed E-state index contributed by atoms with van der Waals surface area (Å²) >= 11 is 7.93. The smallest absolute Gasteiger partial charge is 0.0738 e. The fourth-order valence-corrected chi connectivity index (χ4v) is 3.96. The maximum atomic E-state index is 6.22. The highest BCUT2D eigenvalue weighted by atomic mass is 35.5. The number of pyridine rings is 1. The van der Waals surface area contributed by atoms with Crippen LogP contribution in [0.5, 0.6) is 0 Å². The van der Waals surface area contributed by atoms with Gasteiger partial charge in [-0.2, -0.15) is 11.3 Å². The molecule has 1 aliphatic heterocycles. The van der Waals surface area contributed by atoms with E-state index in [9.17, 15) is 0 Å². The normalized spacial score (nSPS) is 15.4. The number of benzene rings is 1. The average Bonchev–Trinajstić information content (AvgIpc) is 3.09. The summed E-state index contributed by atoms with van der Waals surface area (Å²) in [7, 11) is 0. The molecule has 0 bridgehead atoms. The van der Waals surface area contributed by atoms with Crippen molar-refractivity contribution in [3.05, 3.63) is 46.1 Å². The average molecular weight is 329 g/mol. The second-order valence-electron chi connectivity index (χ2n) is 5.75. The number of nitrogens with zero attached hydrogens (tertiary/aromatic N) is 2. The van der Waals surface area contributed by atoms with Gasteiger partial charge in [0.15, 0.2) is 0 Å². The van der Waals surface area contributed by atoms with Crippen LogP contribution < -0.4 is 4.90 Å². The highest BCUT2D eigenvalue weighted by Crippen LogP contribution is 2.34. The SMILES string of the molecule is Clc1ccc2nc(-c3ccsc3)cc(N3CCCCC3)c2c1. The van der Waals surface area contributed by atoms with Gasteiger partial charge in [0.05, 0.1) is 11.2 Å². The van der Waals surface area contributed by atoms with Crippen molar-refractivity contribution in [2.24, 2.45) is 0 Å². The van der Waals surface area contributed by atoms with Gasteiger partial charge in [0.2, 0.25) is 0 Å². The summed E-state index contributed by atoms with van der Waals surface area (Å²) in [5.41, 5.74) is 4.54. The molecule has 0 radical (unpaired) electrons. The Labute approximate surface area is 139 Å². The minimum absolute atomic E-state index is 0.774. The Morgan fingerprint density at radius 2 is 1.91 bits per heavy atom. The molecule has 0 aliphatic carbocycles.